The van der Waals surface area contributed by atoms with E-state index in [0.717, 1.165) is 11.1 Å². The minimum absolute atomic E-state index is 0.250. The number of ether oxygens (including phenoxy) is 1. The number of benzene rings is 1. The van der Waals surface area contributed by atoms with Crippen molar-refractivity contribution in [1.29, 1.82) is 0 Å². The van der Waals surface area contributed by atoms with E-state index in [0.29, 0.717) is 18.6 Å². The van der Waals surface area contributed by atoms with Gasteiger partial charge in [0.2, 0.25) is 5.79 Å². The molecule has 0 saturated heterocycles. The summed E-state index contributed by atoms with van der Waals surface area (Å²) in [5.74, 6) is -0.805. The molecule has 25 heavy (non-hydrogen) atoms. The van der Waals surface area contributed by atoms with Gasteiger partial charge in [-0.05, 0) is 37.8 Å². The molecule has 0 fully saturated rings. The Morgan fingerprint density at radius 1 is 1.32 bits per heavy atom. The zero-order chi connectivity index (χ0) is 19.1. The average molecular weight is 371 g/mol. The summed E-state index contributed by atoms with van der Waals surface area (Å²) in [6, 6.07) is 7.50. The highest BCUT2D eigenvalue weighted by Crippen LogP contribution is 2.28. The number of likely N-dealkylation sites (N-methyl/N-ethyl adjacent to an activating group) is 1. The zero-order valence-corrected chi connectivity index (χ0v) is 15.3. The van der Waals surface area contributed by atoms with E-state index in [4.69, 9.17) is 9.29 Å². The van der Waals surface area contributed by atoms with Gasteiger partial charge in [0, 0.05) is 13.0 Å². The van der Waals surface area contributed by atoms with E-state index in [1.54, 1.807) is 19.2 Å². The third-order valence-corrected chi connectivity index (χ3v) is 3.27. The average Bonchev–Trinajstić information content (AvgIpc) is 2.48. The van der Waals surface area contributed by atoms with E-state index in [9.17, 15) is 18.6 Å². The molecular formula is C17H25NO6S. The van der Waals surface area contributed by atoms with Gasteiger partial charge in [-0.15, -0.1) is 0 Å². The number of aliphatic hydroxyl groups excluding tert-OH is 1. The number of hydrogen-bond donors (Lipinski definition) is 4. The maximum absolute atomic E-state index is 10.5. The topological polar surface area (TPSA) is 116 Å². The first-order valence-electron chi connectivity index (χ1n) is 7.64. The van der Waals surface area contributed by atoms with Gasteiger partial charge in [-0.2, -0.15) is 8.42 Å². The summed E-state index contributed by atoms with van der Waals surface area (Å²) in [4.78, 5) is 0. The van der Waals surface area contributed by atoms with Crippen LogP contribution >= 0.6 is 0 Å². The predicted octanol–water partition coefficient (Wildman–Crippen LogP) is 1.03. The summed E-state index contributed by atoms with van der Waals surface area (Å²) in [5, 5.41) is 23.4. The van der Waals surface area contributed by atoms with Crippen molar-refractivity contribution >= 4 is 10.1 Å². The number of aryl methyl sites for hydroxylation is 1. The van der Waals surface area contributed by atoms with Crippen molar-refractivity contribution in [1.82, 2.24) is 5.32 Å². The van der Waals surface area contributed by atoms with Crippen LogP contribution in [0.25, 0.3) is 0 Å². The van der Waals surface area contributed by atoms with Crippen molar-refractivity contribution in [2.24, 2.45) is 0 Å². The molecule has 2 rings (SSSR count). The number of rotatable bonds is 5. The van der Waals surface area contributed by atoms with Gasteiger partial charge in [0.25, 0.3) is 10.1 Å². The fourth-order valence-electron chi connectivity index (χ4n) is 2.17. The largest absolute Gasteiger partial charge is 0.459 e. The summed E-state index contributed by atoms with van der Waals surface area (Å²) in [6.45, 7) is 2.44. The molecule has 1 aliphatic rings. The number of aliphatic hydroxyl groups is 2. The van der Waals surface area contributed by atoms with Crippen LogP contribution in [0.15, 0.2) is 48.1 Å². The van der Waals surface area contributed by atoms with E-state index in [1.165, 1.54) is 0 Å². The Morgan fingerprint density at radius 3 is 2.40 bits per heavy atom. The molecule has 1 aliphatic carbocycles. The highest BCUT2D eigenvalue weighted by Gasteiger charge is 2.31. The van der Waals surface area contributed by atoms with Crippen LogP contribution in [0.5, 0.6) is 5.75 Å². The summed E-state index contributed by atoms with van der Waals surface area (Å²) in [6.07, 6.45) is 5.47. The van der Waals surface area contributed by atoms with Gasteiger partial charge < -0.3 is 20.3 Å². The molecule has 140 valence electrons. The standard InChI is InChI=1S/C16H21NO3.CH4O3S/c1-12-5-7-14(8-6-12)20-16(19)9-3-4-13(10-16)15(18)11-17-2;1-5(2,3)4/h3-9,15,17-19H,10-11H2,1-2H3;1H3,(H,2,3,4). The number of nitrogens with one attached hydrogen (secondary N) is 1. The van der Waals surface area contributed by atoms with Crippen LogP contribution in [0.4, 0.5) is 0 Å². The highest BCUT2D eigenvalue weighted by molar-refractivity contribution is 7.85. The van der Waals surface area contributed by atoms with E-state index in [-0.39, 0.29) is 6.42 Å². The molecule has 0 saturated carbocycles. The van der Waals surface area contributed by atoms with E-state index in [2.05, 4.69) is 5.32 Å². The molecule has 7 nitrogen and oxygen atoms in total. The summed E-state index contributed by atoms with van der Waals surface area (Å²) >= 11 is 0. The summed E-state index contributed by atoms with van der Waals surface area (Å²) in [5.41, 5.74) is 1.88. The molecule has 0 aromatic heterocycles. The van der Waals surface area contributed by atoms with E-state index in [1.807, 2.05) is 37.3 Å². The minimum atomic E-state index is -3.67. The first-order chi connectivity index (χ1) is 11.5. The second-order valence-corrected chi connectivity index (χ2v) is 7.31. The molecule has 2 atom stereocenters. The summed E-state index contributed by atoms with van der Waals surface area (Å²) < 4.78 is 31.5. The Hall–Kier alpha value is -1.71. The fraction of sp³-hybridized carbons (Fsp3) is 0.412. The Morgan fingerprint density at radius 2 is 1.88 bits per heavy atom. The molecule has 8 heteroatoms. The lowest BCUT2D eigenvalue weighted by Gasteiger charge is -2.30. The Kier molecular flexibility index (Phi) is 7.78. The molecule has 0 bridgehead atoms. The van der Waals surface area contributed by atoms with Crippen LogP contribution in [-0.4, -0.2) is 54.9 Å². The Labute approximate surface area is 148 Å². The van der Waals surface area contributed by atoms with Crippen LogP contribution in [0.3, 0.4) is 0 Å². The first kappa shape index (κ1) is 21.3. The molecule has 4 N–H and O–H groups in total. The van der Waals surface area contributed by atoms with Gasteiger partial charge in [-0.25, -0.2) is 0 Å². The quantitative estimate of drug-likeness (QED) is 0.451. The normalized spacial score (nSPS) is 21.0. The minimum Gasteiger partial charge on any atom is -0.459 e. The number of allylic oxidation sites excluding steroid dienone is 2. The highest BCUT2D eigenvalue weighted by atomic mass is 32.2. The maximum atomic E-state index is 10.5. The van der Waals surface area contributed by atoms with Crippen molar-refractivity contribution in [3.8, 4) is 5.75 Å². The lowest BCUT2D eigenvalue weighted by atomic mass is 9.95. The molecular weight excluding hydrogens is 346 g/mol. The van der Waals surface area contributed by atoms with Crippen LogP contribution in [-0.2, 0) is 10.1 Å². The summed E-state index contributed by atoms with van der Waals surface area (Å²) in [7, 11) is -1.89. The van der Waals surface area contributed by atoms with Crippen molar-refractivity contribution in [2.45, 2.75) is 25.2 Å². The number of hydrogen-bond acceptors (Lipinski definition) is 6. The molecule has 0 amide bonds. The van der Waals surface area contributed by atoms with E-state index < -0.39 is 22.0 Å². The third kappa shape index (κ3) is 8.80. The van der Waals surface area contributed by atoms with Gasteiger partial charge in [0.15, 0.2) is 0 Å². The smallest absolute Gasteiger partial charge is 0.261 e. The van der Waals surface area contributed by atoms with Crippen LogP contribution in [0.1, 0.15) is 12.0 Å². The Balaban J connectivity index is 0.000000550. The molecule has 1 aromatic carbocycles. The van der Waals surface area contributed by atoms with Crippen LogP contribution in [0.2, 0.25) is 0 Å². The van der Waals surface area contributed by atoms with Gasteiger partial charge in [-0.3, -0.25) is 4.55 Å². The second-order valence-electron chi connectivity index (χ2n) is 5.84. The van der Waals surface area contributed by atoms with Crippen molar-refractivity contribution in [3.05, 3.63) is 53.6 Å². The maximum Gasteiger partial charge on any atom is 0.261 e. The lowest BCUT2D eigenvalue weighted by Crippen LogP contribution is -2.38. The molecule has 0 spiro atoms. The predicted molar refractivity (Wildman–Crippen MR) is 96.0 cm³/mol. The molecule has 0 radical (unpaired) electrons. The van der Waals surface area contributed by atoms with E-state index >= 15 is 0 Å². The van der Waals surface area contributed by atoms with Gasteiger partial charge >= 0.3 is 0 Å². The molecule has 0 heterocycles. The third-order valence-electron chi connectivity index (χ3n) is 3.27. The fourth-order valence-corrected chi connectivity index (χ4v) is 2.17. The zero-order valence-electron chi connectivity index (χ0n) is 14.5. The van der Waals surface area contributed by atoms with Crippen molar-refractivity contribution < 1.29 is 27.9 Å². The first-order valence-corrected chi connectivity index (χ1v) is 9.49. The lowest BCUT2D eigenvalue weighted by molar-refractivity contribution is -0.0966. The van der Waals surface area contributed by atoms with Crippen molar-refractivity contribution in [2.75, 3.05) is 19.8 Å². The van der Waals surface area contributed by atoms with Crippen LogP contribution < -0.4 is 10.1 Å². The van der Waals surface area contributed by atoms with Crippen LogP contribution in [0, 0.1) is 6.92 Å². The Bertz CT molecular complexity index is 703. The molecule has 2 unspecified atom stereocenters. The second kappa shape index (κ2) is 9.12. The molecule has 0 aliphatic heterocycles. The monoisotopic (exact) mass is 371 g/mol. The molecule has 1 aromatic rings. The van der Waals surface area contributed by atoms with Gasteiger partial charge in [0.1, 0.15) is 5.75 Å². The van der Waals surface area contributed by atoms with Crippen molar-refractivity contribution in [3.63, 3.8) is 0 Å². The SMILES string of the molecule is CNCC(O)C1=CC=CC(O)(Oc2ccc(C)cc2)C1.CS(=O)(=O)O. The van der Waals surface area contributed by atoms with Gasteiger partial charge in [-0.1, -0.05) is 29.8 Å². The van der Waals surface area contributed by atoms with Gasteiger partial charge in [0.05, 0.1) is 12.4 Å².